The van der Waals surface area contributed by atoms with Gasteiger partial charge in [-0.05, 0) is 31.0 Å². The fourth-order valence-electron chi connectivity index (χ4n) is 2.79. The monoisotopic (exact) mass is 310 g/mol. The Balaban J connectivity index is 2.07. The maximum Gasteiger partial charge on any atom is 0.416 e. The number of halogens is 3. The number of benzene rings is 1. The third-order valence-electron chi connectivity index (χ3n) is 3.82. The number of carbonyl (C=O) groups is 2. The first-order valence-corrected chi connectivity index (χ1v) is 6.88. The van der Waals surface area contributed by atoms with Crippen LogP contribution in [0.3, 0.4) is 0 Å². The molecule has 0 spiro atoms. The summed E-state index contributed by atoms with van der Waals surface area (Å²) < 4.78 is 38.5. The molecule has 22 heavy (non-hydrogen) atoms. The summed E-state index contributed by atoms with van der Waals surface area (Å²) in [5, 5.41) is 2.55. The molecule has 3 rings (SSSR count). The van der Waals surface area contributed by atoms with E-state index in [-0.39, 0.29) is 18.0 Å². The molecule has 0 unspecified atom stereocenters. The lowest BCUT2D eigenvalue weighted by molar-refractivity contribution is -0.137. The molecule has 2 aliphatic rings. The average Bonchev–Trinajstić information content (AvgIpc) is 2.46. The molecule has 1 N–H and O–H groups in total. The minimum Gasteiger partial charge on any atom is -0.333 e. The summed E-state index contributed by atoms with van der Waals surface area (Å²) in [4.78, 5) is 25.2. The molecule has 1 aromatic carbocycles. The summed E-state index contributed by atoms with van der Waals surface area (Å²) in [5.41, 5.74) is 0.296. The highest BCUT2D eigenvalue weighted by Crippen LogP contribution is 2.35. The number of Topliss-reactive ketones (excluding diaryl/α,β-unsaturated/α-hetero) is 1. The van der Waals surface area contributed by atoms with Gasteiger partial charge in [0.15, 0.2) is 5.78 Å². The first kappa shape index (κ1) is 14.6. The summed E-state index contributed by atoms with van der Waals surface area (Å²) in [6.07, 6.45) is -2.97. The summed E-state index contributed by atoms with van der Waals surface area (Å²) in [7, 11) is 0. The van der Waals surface area contributed by atoms with Crippen LogP contribution in [0.4, 0.5) is 23.7 Å². The Kier molecular flexibility index (Phi) is 3.42. The Morgan fingerprint density at radius 3 is 2.64 bits per heavy atom. The second kappa shape index (κ2) is 5.15. The van der Waals surface area contributed by atoms with E-state index in [4.69, 9.17) is 0 Å². The highest BCUT2D eigenvalue weighted by atomic mass is 19.4. The maximum absolute atomic E-state index is 12.8. The van der Waals surface area contributed by atoms with Crippen molar-refractivity contribution in [2.24, 2.45) is 0 Å². The van der Waals surface area contributed by atoms with E-state index in [1.807, 2.05) is 0 Å². The predicted octanol–water partition coefficient (Wildman–Crippen LogP) is 3.24. The number of nitrogens with one attached hydrogen (secondary N) is 1. The Morgan fingerprint density at radius 2 is 1.91 bits per heavy atom. The fraction of sp³-hybridized carbons (Fsp3) is 0.333. The molecule has 4 nitrogen and oxygen atoms in total. The van der Waals surface area contributed by atoms with Gasteiger partial charge >= 0.3 is 12.2 Å². The molecular weight excluding hydrogens is 297 g/mol. The highest BCUT2D eigenvalue weighted by Gasteiger charge is 2.35. The Hall–Kier alpha value is -2.31. The van der Waals surface area contributed by atoms with E-state index >= 15 is 0 Å². The summed E-state index contributed by atoms with van der Waals surface area (Å²) in [6.45, 7) is 0.141. The van der Waals surface area contributed by atoms with E-state index in [0.29, 0.717) is 30.5 Å². The summed E-state index contributed by atoms with van der Waals surface area (Å²) in [5.74, 6) is -0.0572. The third kappa shape index (κ3) is 2.47. The number of hydrogen-bond donors (Lipinski definition) is 1. The first-order chi connectivity index (χ1) is 10.4. The van der Waals surface area contributed by atoms with Crippen molar-refractivity contribution in [3.63, 3.8) is 0 Å². The number of nitrogens with zero attached hydrogens (tertiary/aromatic N) is 1. The van der Waals surface area contributed by atoms with E-state index < -0.39 is 17.8 Å². The van der Waals surface area contributed by atoms with Crippen molar-refractivity contribution in [3.05, 3.63) is 41.1 Å². The lowest BCUT2D eigenvalue weighted by Crippen LogP contribution is -2.48. The van der Waals surface area contributed by atoms with Crippen LogP contribution in [0.5, 0.6) is 0 Å². The zero-order chi connectivity index (χ0) is 15.9. The fourth-order valence-corrected chi connectivity index (χ4v) is 2.79. The number of anilines is 1. The normalized spacial score (nSPS) is 19.1. The first-order valence-electron chi connectivity index (χ1n) is 6.88. The van der Waals surface area contributed by atoms with Crippen molar-refractivity contribution in [2.45, 2.75) is 25.4 Å². The highest BCUT2D eigenvalue weighted by molar-refractivity contribution is 6.05. The molecular formula is C15H13F3N2O2. The minimum absolute atomic E-state index is 0.0572. The van der Waals surface area contributed by atoms with Crippen LogP contribution >= 0.6 is 0 Å². The molecule has 1 heterocycles. The van der Waals surface area contributed by atoms with Crippen LogP contribution in [-0.2, 0) is 11.0 Å². The molecule has 1 aliphatic heterocycles. The van der Waals surface area contributed by atoms with E-state index in [1.165, 1.54) is 17.0 Å². The van der Waals surface area contributed by atoms with Crippen molar-refractivity contribution < 1.29 is 22.8 Å². The van der Waals surface area contributed by atoms with Gasteiger partial charge in [-0.2, -0.15) is 13.2 Å². The van der Waals surface area contributed by atoms with Gasteiger partial charge in [-0.3, -0.25) is 9.69 Å². The molecule has 2 amide bonds. The van der Waals surface area contributed by atoms with Crippen molar-refractivity contribution in [2.75, 3.05) is 11.4 Å². The smallest absolute Gasteiger partial charge is 0.333 e. The van der Waals surface area contributed by atoms with Crippen LogP contribution in [0.1, 0.15) is 24.8 Å². The van der Waals surface area contributed by atoms with Gasteiger partial charge in [0.05, 0.1) is 11.3 Å². The van der Waals surface area contributed by atoms with Crippen LogP contribution in [0.25, 0.3) is 0 Å². The van der Waals surface area contributed by atoms with Gasteiger partial charge in [-0.25, -0.2) is 4.79 Å². The van der Waals surface area contributed by atoms with Gasteiger partial charge in [0.2, 0.25) is 0 Å². The molecule has 0 saturated carbocycles. The SMILES string of the molecule is O=C1CCCC2=C1CNC(=O)N2c1cccc(C(F)(F)F)c1. The van der Waals surface area contributed by atoms with Crippen molar-refractivity contribution in [3.8, 4) is 0 Å². The number of carbonyl (C=O) groups excluding carboxylic acids is 2. The zero-order valence-electron chi connectivity index (χ0n) is 11.5. The molecule has 1 aliphatic carbocycles. The molecule has 7 heteroatoms. The second-order valence-electron chi connectivity index (χ2n) is 5.24. The van der Waals surface area contributed by atoms with Crippen molar-refractivity contribution >= 4 is 17.5 Å². The van der Waals surface area contributed by atoms with Gasteiger partial charge in [-0.1, -0.05) is 6.07 Å². The van der Waals surface area contributed by atoms with Crippen LogP contribution < -0.4 is 10.2 Å². The van der Waals surface area contributed by atoms with E-state index in [0.717, 1.165) is 12.1 Å². The number of urea groups is 1. The molecule has 0 saturated heterocycles. The average molecular weight is 310 g/mol. The summed E-state index contributed by atoms with van der Waals surface area (Å²) in [6, 6.07) is 4.06. The number of hydrogen-bond acceptors (Lipinski definition) is 2. The van der Waals surface area contributed by atoms with Gasteiger partial charge in [0.25, 0.3) is 0 Å². The maximum atomic E-state index is 12.8. The quantitative estimate of drug-likeness (QED) is 0.865. The van der Waals surface area contributed by atoms with Crippen LogP contribution in [0, 0.1) is 0 Å². The number of ketones is 1. The molecule has 0 aromatic heterocycles. The minimum atomic E-state index is -4.48. The second-order valence-corrected chi connectivity index (χ2v) is 5.24. The number of alkyl halides is 3. The molecule has 1 aromatic rings. The largest absolute Gasteiger partial charge is 0.416 e. The van der Waals surface area contributed by atoms with Gasteiger partial charge in [-0.15, -0.1) is 0 Å². The molecule has 0 fully saturated rings. The summed E-state index contributed by atoms with van der Waals surface area (Å²) >= 11 is 0. The molecule has 116 valence electrons. The van der Waals surface area contributed by atoms with E-state index in [2.05, 4.69) is 5.32 Å². The van der Waals surface area contributed by atoms with Gasteiger partial charge < -0.3 is 5.32 Å². The van der Waals surface area contributed by atoms with Crippen LogP contribution in [0.15, 0.2) is 35.5 Å². The number of rotatable bonds is 1. The predicted molar refractivity (Wildman–Crippen MR) is 73.2 cm³/mol. The molecule has 0 atom stereocenters. The van der Waals surface area contributed by atoms with Crippen LogP contribution in [0.2, 0.25) is 0 Å². The Morgan fingerprint density at radius 1 is 1.14 bits per heavy atom. The van der Waals surface area contributed by atoms with Crippen LogP contribution in [-0.4, -0.2) is 18.4 Å². The Bertz CT molecular complexity index is 680. The molecule has 0 bridgehead atoms. The number of allylic oxidation sites excluding steroid dienone is 1. The van der Waals surface area contributed by atoms with E-state index in [1.54, 1.807) is 0 Å². The lowest BCUT2D eigenvalue weighted by atomic mass is 9.92. The van der Waals surface area contributed by atoms with Gasteiger partial charge in [0.1, 0.15) is 0 Å². The van der Waals surface area contributed by atoms with E-state index in [9.17, 15) is 22.8 Å². The number of amides is 2. The Labute approximate surface area is 124 Å². The van der Waals surface area contributed by atoms with Crippen molar-refractivity contribution in [1.29, 1.82) is 0 Å². The lowest BCUT2D eigenvalue weighted by Gasteiger charge is -2.34. The van der Waals surface area contributed by atoms with Gasteiger partial charge in [0, 0.05) is 24.2 Å². The topological polar surface area (TPSA) is 49.4 Å². The molecule has 0 radical (unpaired) electrons. The van der Waals surface area contributed by atoms with Crippen molar-refractivity contribution in [1.82, 2.24) is 5.32 Å². The standard InChI is InChI=1S/C15H13F3N2O2/c16-15(17,18)9-3-1-4-10(7-9)20-12-5-2-6-13(21)11(12)8-19-14(20)22/h1,3-4,7H,2,5-6,8H2,(H,19,22). The zero-order valence-corrected chi connectivity index (χ0v) is 11.5. The third-order valence-corrected chi connectivity index (χ3v) is 3.82.